The first kappa shape index (κ1) is 12.4. The summed E-state index contributed by atoms with van der Waals surface area (Å²) in [6, 6.07) is 1.88. The molecule has 0 aliphatic heterocycles. The van der Waals surface area contributed by atoms with Gasteiger partial charge in [0.15, 0.2) is 11.6 Å². The molecule has 1 rings (SSSR count). The van der Waals surface area contributed by atoms with Crippen molar-refractivity contribution < 1.29 is 18.6 Å². The predicted molar refractivity (Wildman–Crippen MR) is 55.9 cm³/mol. The van der Waals surface area contributed by atoms with Crippen molar-refractivity contribution in [3.05, 3.63) is 28.2 Å². The van der Waals surface area contributed by atoms with Crippen LogP contribution in [0.15, 0.2) is 16.6 Å². The first-order valence-corrected chi connectivity index (χ1v) is 5.25. The van der Waals surface area contributed by atoms with Gasteiger partial charge >= 0.3 is 0 Å². The van der Waals surface area contributed by atoms with Crippen molar-refractivity contribution in [3.8, 4) is 5.75 Å². The van der Waals surface area contributed by atoms with E-state index in [0.717, 1.165) is 12.1 Å². The quantitative estimate of drug-likeness (QED) is 0.919. The number of ether oxygens (including phenoxy) is 1. The molecule has 1 unspecified atom stereocenters. The van der Waals surface area contributed by atoms with Crippen molar-refractivity contribution in [3.63, 3.8) is 0 Å². The Morgan fingerprint density at radius 2 is 2.13 bits per heavy atom. The Kier molecular flexibility index (Phi) is 4.47. The fourth-order valence-corrected chi connectivity index (χ4v) is 1.52. The molecule has 15 heavy (non-hydrogen) atoms. The van der Waals surface area contributed by atoms with E-state index < -0.39 is 17.7 Å². The number of hydrogen-bond acceptors (Lipinski definition) is 2. The van der Waals surface area contributed by atoms with Crippen LogP contribution in [0.1, 0.15) is 13.3 Å². The molecule has 0 saturated heterocycles. The third kappa shape index (κ3) is 3.76. The predicted octanol–water partition coefficient (Wildman–Crippen LogP) is 2.88. The molecule has 0 spiro atoms. The highest BCUT2D eigenvalue weighted by atomic mass is 79.9. The molecule has 5 heteroatoms. The lowest BCUT2D eigenvalue weighted by molar-refractivity contribution is 0.153. The SMILES string of the molecule is CC(O)CCOc1c(F)cc(F)cc1Br. The van der Waals surface area contributed by atoms with E-state index in [9.17, 15) is 8.78 Å². The van der Waals surface area contributed by atoms with Crippen LogP contribution in [0, 0.1) is 11.6 Å². The summed E-state index contributed by atoms with van der Waals surface area (Å²) in [5.41, 5.74) is 0. The van der Waals surface area contributed by atoms with Gasteiger partial charge in [0.25, 0.3) is 0 Å². The number of rotatable bonds is 4. The first-order chi connectivity index (χ1) is 7.00. The summed E-state index contributed by atoms with van der Waals surface area (Å²) in [6.07, 6.45) is -0.115. The topological polar surface area (TPSA) is 29.5 Å². The molecule has 2 nitrogen and oxygen atoms in total. The minimum atomic E-state index is -0.757. The minimum Gasteiger partial charge on any atom is -0.489 e. The molecule has 0 aromatic heterocycles. The summed E-state index contributed by atoms with van der Waals surface area (Å²) in [4.78, 5) is 0. The molecule has 0 aliphatic carbocycles. The maximum absolute atomic E-state index is 13.2. The molecule has 1 atom stereocenters. The van der Waals surface area contributed by atoms with Crippen molar-refractivity contribution in [2.75, 3.05) is 6.61 Å². The Hall–Kier alpha value is -0.680. The number of halogens is 3. The maximum atomic E-state index is 13.2. The molecule has 0 heterocycles. The molecule has 1 aromatic rings. The number of hydrogen-bond donors (Lipinski definition) is 1. The van der Waals surface area contributed by atoms with Crippen LogP contribution < -0.4 is 4.74 Å². The van der Waals surface area contributed by atoms with E-state index >= 15 is 0 Å². The molecule has 0 amide bonds. The van der Waals surface area contributed by atoms with E-state index in [1.165, 1.54) is 0 Å². The van der Waals surface area contributed by atoms with Gasteiger partial charge in [0.1, 0.15) is 5.82 Å². The van der Waals surface area contributed by atoms with Crippen molar-refractivity contribution in [2.45, 2.75) is 19.4 Å². The smallest absolute Gasteiger partial charge is 0.169 e. The lowest BCUT2D eigenvalue weighted by atomic mass is 10.3. The molecule has 84 valence electrons. The summed E-state index contributed by atoms with van der Waals surface area (Å²) in [5.74, 6) is -1.45. The van der Waals surface area contributed by atoms with Crippen LogP contribution in [0.4, 0.5) is 8.78 Å². The van der Waals surface area contributed by atoms with Gasteiger partial charge in [-0.3, -0.25) is 0 Å². The van der Waals surface area contributed by atoms with E-state index in [1.807, 2.05) is 0 Å². The fraction of sp³-hybridized carbons (Fsp3) is 0.400. The van der Waals surface area contributed by atoms with Gasteiger partial charge in [-0.1, -0.05) is 0 Å². The van der Waals surface area contributed by atoms with Gasteiger partial charge < -0.3 is 9.84 Å². The van der Waals surface area contributed by atoms with Gasteiger partial charge in [0.05, 0.1) is 17.2 Å². The Bertz CT molecular complexity index is 319. The molecular weight excluding hydrogens is 270 g/mol. The lowest BCUT2D eigenvalue weighted by Crippen LogP contribution is -2.08. The Balaban J connectivity index is 2.68. The average Bonchev–Trinajstić information content (AvgIpc) is 2.08. The van der Waals surface area contributed by atoms with E-state index in [2.05, 4.69) is 15.9 Å². The number of aliphatic hydroxyl groups excluding tert-OH is 1. The van der Waals surface area contributed by atoms with Crippen LogP contribution in [-0.2, 0) is 0 Å². The monoisotopic (exact) mass is 280 g/mol. The zero-order valence-corrected chi connectivity index (χ0v) is 9.72. The van der Waals surface area contributed by atoms with Gasteiger partial charge in [0.2, 0.25) is 0 Å². The number of benzene rings is 1. The molecule has 0 radical (unpaired) electrons. The van der Waals surface area contributed by atoms with Crippen LogP contribution in [-0.4, -0.2) is 17.8 Å². The summed E-state index contributed by atoms with van der Waals surface area (Å²) < 4.78 is 31.2. The van der Waals surface area contributed by atoms with Crippen molar-refractivity contribution >= 4 is 15.9 Å². The molecule has 0 bridgehead atoms. The van der Waals surface area contributed by atoms with Gasteiger partial charge in [-0.15, -0.1) is 0 Å². The summed E-state index contributed by atoms with van der Waals surface area (Å²) in [7, 11) is 0. The van der Waals surface area contributed by atoms with Gasteiger partial charge in [-0.2, -0.15) is 0 Å². The zero-order chi connectivity index (χ0) is 11.4. The molecule has 0 aliphatic rings. The zero-order valence-electron chi connectivity index (χ0n) is 8.14. The Labute approximate surface area is 95.0 Å². The van der Waals surface area contributed by atoms with Crippen LogP contribution in [0.5, 0.6) is 5.75 Å². The highest BCUT2D eigenvalue weighted by Gasteiger charge is 2.11. The number of aliphatic hydroxyl groups is 1. The third-order valence-corrected chi connectivity index (χ3v) is 2.33. The summed E-state index contributed by atoms with van der Waals surface area (Å²) >= 11 is 3.00. The van der Waals surface area contributed by atoms with E-state index in [4.69, 9.17) is 9.84 Å². The summed E-state index contributed by atoms with van der Waals surface area (Å²) in [5, 5.41) is 8.97. The minimum absolute atomic E-state index is 0.0305. The molecular formula is C10H11BrF2O2. The van der Waals surface area contributed by atoms with Gasteiger partial charge in [-0.05, 0) is 28.9 Å². The van der Waals surface area contributed by atoms with Crippen LogP contribution in [0.2, 0.25) is 0 Å². The Morgan fingerprint density at radius 3 is 2.67 bits per heavy atom. The highest BCUT2D eigenvalue weighted by molar-refractivity contribution is 9.10. The van der Waals surface area contributed by atoms with Gasteiger partial charge in [0, 0.05) is 12.5 Å². The molecule has 1 N–H and O–H groups in total. The van der Waals surface area contributed by atoms with Crippen molar-refractivity contribution in [1.82, 2.24) is 0 Å². The van der Waals surface area contributed by atoms with Crippen LogP contribution in [0.25, 0.3) is 0 Å². The van der Waals surface area contributed by atoms with Crippen LogP contribution in [0.3, 0.4) is 0 Å². The second-order valence-electron chi connectivity index (χ2n) is 3.18. The van der Waals surface area contributed by atoms with E-state index in [0.29, 0.717) is 6.42 Å². The third-order valence-electron chi connectivity index (χ3n) is 1.75. The van der Waals surface area contributed by atoms with Gasteiger partial charge in [-0.25, -0.2) is 8.78 Å². The molecule has 0 saturated carbocycles. The maximum Gasteiger partial charge on any atom is 0.169 e. The first-order valence-electron chi connectivity index (χ1n) is 4.46. The summed E-state index contributed by atoms with van der Waals surface area (Å²) in [6.45, 7) is 1.79. The molecule has 0 fully saturated rings. The lowest BCUT2D eigenvalue weighted by Gasteiger charge is -2.10. The van der Waals surface area contributed by atoms with Crippen molar-refractivity contribution in [1.29, 1.82) is 0 Å². The second-order valence-corrected chi connectivity index (χ2v) is 4.04. The standard InChI is InChI=1S/C10H11BrF2O2/c1-6(14)2-3-15-10-8(11)4-7(12)5-9(10)13/h4-6,14H,2-3H2,1H3. The highest BCUT2D eigenvalue weighted by Crippen LogP contribution is 2.29. The van der Waals surface area contributed by atoms with Crippen molar-refractivity contribution in [2.24, 2.45) is 0 Å². The normalized spacial score (nSPS) is 12.6. The molecule has 1 aromatic carbocycles. The van der Waals surface area contributed by atoms with Crippen LogP contribution >= 0.6 is 15.9 Å². The van der Waals surface area contributed by atoms with E-state index in [-0.39, 0.29) is 16.8 Å². The second kappa shape index (κ2) is 5.42. The average molecular weight is 281 g/mol. The largest absolute Gasteiger partial charge is 0.489 e. The fourth-order valence-electron chi connectivity index (χ4n) is 0.998. The Morgan fingerprint density at radius 1 is 1.47 bits per heavy atom. The van der Waals surface area contributed by atoms with E-state index in [1.54, 1.807) is 6.92 Å².